The second kappa shape index (κ2) is 56.9. The van der Waals surface area contributed by atoms with Crippen LogP contribution in [0.5, 0.6) is 0 Å². The number of amides is 1. The van der Waals surface area contributed by atoms with Gasteiger partial charge in [0, 0.05) is 12.8 Å². The van der Waals surface area contributed by atoms with Gasteiger partial charge in [-0.15, -0.1) is 0 Å². The number of nitrogens with one attached hydrogen (secondary N) is 1. The van der Waals surface area contributed by atoms with Gasteiger partial charge in [0.05, 0.1) is 25.4 Å². The van der Waals surface area contributed by atoms with Crippen LogP contribution in [0.3, 0.4) is 0 Å². The molecule has 0 heterocycles. The van der Waals surface area contributed by atoms with Crippen LogP contribution in [0.2, 0.25) is 0 Å². The van der Waals surface area contributed by atoms with Gasteiger partial charge in [0.15, 0.2) is 0 Å². The first kappa shape index (κ1) is 65.3. The molecule has 0 aromatic rings. The smallest absolute Gasteiger partial charge is 0.305 e. The summed E-state index contributed by atoms with van der Waals surface area (Å²) < 4.78 is 5.48. The lowest BCUT2D eigenvalue weighted by atomic mass is 10.0. The molecule has 0 spiro atoms. The van der Waals surface area contributed by atoms with Gasteiger partial charge in [0.1, 0.15) is 0 Å². The first-order valence-electron chi connectivity index (χ1n) is 30.1. The lowest BCUT2D eigenvalue weighted by molar-refractivity contribution is -0.143. The quantitative estimate of drug-likeness (QED) is 0.0321. The number of esters is 1. The molecule has 0 aromatic carbocycles. The van der Waals surface area contributed by atoms with Crippen LogP contribution >= 0.6 is 0 Å². The van der Waals surface area contributed by atoms with Crippen molar-refractivity contribution in [1.82, 2.24) is 5.32 Å². The maximum Gasteiger partial charge on any atom is 0.305 e. The van der Waals surface area contributed by atoms with E-state index in [0.717, 1.165) is 70.6 Å². The molecule has 0 radical (unpaired) electrons. The summed E-state index contributed by atoms with van der Waals surface area (Å²) >= 11 is 0. The molecule has 3 N–H and O–H groups in total. The number of carbonyl (C=O) groups is 2. The van der Waals surface area contributed by atoms with Crippen LogP contribution in [0, 0.1) is 0 Å². The number of aliphatic hydroxyl groups excluding tert-OH is 2. The number of ether oxygens (including phenoxy) is 1. The summed E-state index contributed by atoms with van der Waals surface area (Å²) in [5.41, 5.74) is 0. The predicted octanol–water partition coefficient (Wildman–Crippen LogP) is 18.6. The van der Waals surface area contributed by atoms with E-state index >= 15 is 0 Å². The van der Waals surface area contributed by atoms with Gasteiger partial charge < -0.3 is 20.3 Å². The van der Waals surface area contributed by atoms with E-state index in [4.69, 9.17) is 4.74 Å². The summed E-state index contributed by atoms with van der Waals surface area (Å²) in [5, 5.41) is 23.1. The van der Waals surface area contributed by atoms with Crippen LogP contribution in [-0.2, 0) is 14.3 Å². The van der Waals surface area contributed by atoms with Crippen molar-refractivity contribution in [3.63, 3.8) is 0 Å². The SMILES string of the molecule is CCCCCCCCCCCCCCCCCCCC/C=C/C(O)C(CO)NC(=O)CCCCC/C=C\CCCCCCCCOC(=O)CCCCCCCCCCCCCCCCCCC. The van der Waals surface area contributed by atoms with Gasteiger partial charge in [0.2, 0.25) is 5.91 Å². The fourth-order valence-corrected chi connectivity index (χ4v) is 9.34. The molecule has 6 nitrogen and oxygen atoms in total. The van der Waals surface area contributed by atoms with Gasteiger partial charge >= 0.3 is 5.97 Å². The Bertz CT molecular complexity index is 1040. The van der Waals surface area contributed by atoms with Crippen molar-refractivity contribution >= 4 is 11.9 Å². The second-order valence-corrected chi connectivity index (χ2v) is 20.7. The van der Waals surface area contributed by atoms with E-state index in [0.29, 0.717) is 19.4 Å². The third kappa shape index (κ3) is 53.5. The zero-order valence-corrected chi connectivity index (χ0v) is 45.1. The van der Waals surface area contributed by atoms with Gasteiger partial charge in [-0.2, -0.15) is 0 Å². The van der Waals surface area contributed by atoms with Crippen molar-refractivity contribution in [2.45, 2.75) is 341 Å². The summed E-state index contributed by atoms with van der Waals surface area (Å²) in [6.07, 6.45) is 69.2. The fourth-order valence-electron chi connectivity index (χ4n) is 9.34. The number of unbranched alkanes of at least 4 members (excludes halogenated alkanes) is 43. The highest BCUT2D eigenvalue weighted by Crippen LogP contribution is 2.17. The average Bonchev–Trinajstić information content (AvgIpc) is 3.33. The summed E-state index contributed by atoms with van der Waals surface area (Å²) in [7, 11) is 0. The van der Waals surface area contributed by atoms with E-state index in [9.17, 15) is 19.8 Å². The maximum atomic E-state index is 12.5. The highest BCUT2D eigenvalue weighted by Gasteiger charge is 2.18. The Labute approximate surface area is 418 Å². The third-order valence-electron chi connectivity index (χ3n) is 14.0. The van der Waals surface area contributed by atoms with E-state index in [-0.39, 0.29) is 18.5 Å². The molecule has 0 saturated carbocycles. The molecule has 0 rings (SSSR count). The first-order valence-corrected chi connectivity index (χ1v) is 30.1. The minimum Gasteiger partial charge on any atom is -0.466 e. The van der Waals surface area contributed by atoms with Crippen molar-refractivity contribution in [1.29, 1.82) is 0 Å². The molecule has 67 heavy (non-hydrogen) atoms. The third-order valence-corrected chi connectivity index (χ3v) is 14.0. The standard InChI is InChI=1S/C61H117NO5/c1-3-5-7-9-11-13-15-17-19-21-22-23-25-26-29-33-37-41-45-49-53-59(64)58(57-63)62-60(65)54-50-46-42-38-34-30-28-32-36-40-44-48-52-56-67-61(66)55-51-47-43-39-35-31-27-24-20-18-16-14-12-10-8-6-4-2/h30,34,49,53,58-59,63-64H,3-29,31-33,35-48,50-52,54-57H2,1-2H3,(H,62,65)/b34-30-,53-49+. The monoisotopic (exact) mass is 944 g/mol. The molecule has 2 atom stereocenters. The van der Waals surface area contributed by atoms with E-state index in [1.807, 2.05) is 6.08 Å². The normalized spacial score (nSPS) is 12.7. The molecule has 0 aliphatic heterocycles. The minimum absolute atomic E-state index is 0.00954. The Hall–Kier alpha value is -1.66. The predicted molar refractivity (Wildman–Crippen MR) is 292 cm³/mol. The highest BCUT2D eigenvalue weighted by atomic mass is 16.5. The van der Waals surface area contributed by atoms with Gasteiger partial charge in [-0.1, -0.05) is 282 Å². The first-order chi connectivity index (χ1) is 33.0. The van der Waals surface area contributed by atoms with Gasteiger partial charge in [-0.05, 0) is 57.8 Å². The molecule has 0 bridgehead atoms. The van der Waals surface area contributed by atoms with Crippen LogP contribution in [0.25, 0.3) is 0 Å². The summed E-state index contributed by atoms with van der Waals surface area (Å²) in [6, 6.07) is -0.648. The molecular weight excluding hydrogens is 827 g/mol. The van der Waals surface area contributed by atoms with Crippen molar-refractivity contribution in [3.8, 4) is 0 Å². The molecule has 2 unspecified atom stereocenters. The number of hydrogen-bond acceptors (Lipinski definition) is 5. The maximum absolute atomic E-state index is 12.5. The lowest BCUT2D eigenvalue weighted by Crippen LogP contribution is -2.45. The number of allylic oxidation sites excluding steroid dienone is 3. The Balaban J connectivity index is 3.50. The molecule has 0 saturated heterocycles. The van der Waals surface area contributed by atoms with Crippen molar-refractivity contribution in [2.24, 2.45) is 0 Å². The largest absolute Gasteiger partial charge is 0.466 e. The van der Waals surface area contributed by atoms with Crippen molar-refractivity contribution < 1.29 is 24.5 Å². The topological polar surface area (TPSA) is 95.9 Å². The molecule has 1 amide bonds. The van der Waals surface area contributed by atoms with Gasteiger partial charge in [-0.25, -0.2) is 0 Å². The average molecular weight is 945 g/mol. The number of aliphatic hydroxyl groups is 2. The Morgan fingerprint density at radius 1 is 0.403 bits per heavy atom. The highest BCUT2D eigenvalue weighted by molar-refractivity contribution is 5.76. The molecular formula is C61H117NO5. The zero-order valence-electron chi connectivity index (χ0n) is 45.1. The minimum atomic E-state index is -0.862. The molecule has 396 valence electrons. The van der Waals surface area contributed by atoms with Crippen LogP contribution < -0.4 is 5.32 Å². The Morgan fingerprint density at radius 3 is 1.07 bits per heavy atom. The Kier molecular flexibility index (Phi) is 55.5. The number of rotatable bonds is 56. The molecule has 0 aliphatic rings. The van der Waals surface area contributed by atoms with E-state index < -0.39 is 12.1 Å². The second-order valence-electron chi connectivity index (χ2n) is 20.7. The van der Waals surface area contributed by atoms with Gasteiger partial charge in [-0.3, -0.25) is 9.59 Å². The summed E-state index contributed by atoms with van der Waals surface area (Å²) in [5.74, 6) is -0.104. The number of carbonyl (C=O) groups excluding carboxylic acids is 2. The molecule has 0 aromatic heterocycles. The molecule has 0 aliphatic carbocycles. The van der Waals surface area contributed by atoms with Crippen LogP contribution in [-0.4, -0.2) is 47.4 Å². The van der Waals surface area contributed by atoms with Crippen molar-refractivity contribution in [3.05, 3.63) is 24.3 Å². The van der Waals surface area contributed by atoms with Crippen molar-refractivity contribution in [2.75, 3.05) is 13.2 Å². The summed E-state index contributed by atoms with van der Waals surface area (Å²) in [4.78, 5) is 24.5. The summed E-state index contributed by atoms with van der Waals surface area (Å²) in [6.45, 7) is 4.89. The van der Waals surface area contributed by atoms with Crippen LogP contribution in [0.4, 0.5) is 0 Å². The van der Waals surface area contributed by atoms with E-state index in [1.54, 1.807) is 6.08 Å². The molecule has 6 heteroatoms. The van der Waals surface area contributed by atoms with E-state index in [2.05, 4.69) is 31.3 Å². The Morgan fingerprint density at radius 2 is 0.701 bits per heavy atom. The van der Waals surface area contributed by atoms with Gasteiger partial charge in [0.25, 0.3) is 0 Å². The van der Waals surface area contributed by atoms with Crippen LogP contribution in [0.15, 0.2) is 24.3 Å². The number of hydrogen-bond donors (Lipinski definition) is 3. The van der Waals surface area contributed by atoms with E-state index in [1.165, 1.54) is 231 Å². The fraction of sp³-hybridized carbons (Fsp3) is 0.902. The molecule has 0 fully saturated rings. The zero-order chi connectivity index (χ0) is 48.6. The lowest BCUT2D eigenvalue weighted by Gasteiger charge is -2.19. The van der Waals surface area contributed by atoms with Crippen LogP contribution in [0.1, 0.15) is 328 Å².